The molecule has 0 aliphatic carbocycles. The molecular formula is C21H26FNO5S. The molecule has 8 heteroatoms. The molecule has 0 bridgehead atoms. The van der Waals surface area contributed by atoms with Gasteiger partial charge in [0.2, 0.25) is 10.0 Å². The smallest absolute Gasteiger partial charge is 0.341 e. The van der Waals surface area contributed by atoms with Crippen molar-refractivity contribution in [1.82, 2.24) is 4.31 Å². The SMILES string of the molecule is CCc1cccc(OCCOC(=O)c2cc(S(=O)(=O)N(CC)CC)ccc2F)c1. The fourth-order valence-corrected chi connectivity index (χ4v) is 4.25. The standard InChI is InChI=1S/C21H26FNO5S/c1-4-16-8-7-9-17(14-16)27-12-13-28-21(24)19-15-18(10-11-20(19)22)29(25,26)23(5-2)6-3/h7-11,14-15H,4-6,12-13H2,1-3H3. The number of hydrogen-bond acceptors (Lipinski definition) is 5. The first kappa shape index (κ1) is 22.8. The number of aryl methyl sites for hydroxylation is 1. The minimum absolute atomic E-state index is 0.0952. The summed E-state index contributed by atoms with van der Waals surface area (Å²) in [6, 6.07) is 10.7. The van der Waals surface area contributed by atoms with E-state index in [4.69, 9.17) is 9.47 Å². The lowest BCUT2D eigenvalue weighted by atomic mass is 10.2. The van der Waals surface area contributed by atoms with Gasteiger partial charge in [0, 0.05) is 13.1 Å². The molecule has 2 aromatic rings. The third-order valence-corrected chi connectivity index (χ3v) is 6.44. The van der Waals surface area contributed by atoms with Crippen molar-refractivity contribution in [3.63, 3.8) is 0 Å². The molecule has 0 saturated carbocycles. The van der Waals surface area contributed by atoms with Gasteiger partial charge in [0.05, 0.1) is 10.5 Å². The van der Waals surface area contributed by atoms with Gasteiger partial charge in [-0.25, -0.2) is 17.6 Å². The van der Waals surface area contributed by atoms with Crippen LogP contribution in [0, 0.1) is 5.82 Å². The van der Waals surface area contributed by atoms with Crippen molar-refractivity contribution >= 4 is 16.0 Å². The van der Waals surface area contributed by atoms with Gasteiger partial charge in [-0.1, -0.05) is 32.9 Å². The molecule has 158 valence electrons. The molecule has 2 rings (SSSR count). The van der Waals surface area contributed by atoms with E-state index in [0.29, 0.717) is 5.75 Å². The molecule has 0 spiro atoms. The van der Waals surface area contributed by atoms with E-state index >= 15 is 0 Å². The van der Waals surface area contributed by atoms with Crippen LogP contribution in [0.15, 0.2) is 47.4 Å². The highest BCUT2D eigenvalue weighted by Gasteiger charge is 2.24. The third kappa shape index (κ3) is 5.77. The fraction of sp³-hybridized carbons (Fsp3) is 0.381. The zero-order valence-corrected chi connectivity index (χ0v) is 17.7. The van der Waals surface area contributed by atoms with E-state index in [1.54, 1.807) is 19.9 Å². The second-order valence-electron chi connectivity index (χ2n) is 6.22. The van der Waals surface area contributed by atoms with E-state index in [1.165, 1.54) is 4.31 Å². The largest absolute Gasteiger partial charge is 0.490 e. The molecule has 0 unspecified atom stereocenters. The lowest BCUT2D eigenvalue weighted by Gasteiger charge is -2.18. The van der Waals surface area contributed by atoms with E-state index in [9.17, 15) is 17.6 Å². The molecule has 2 aromatic carbocycles. The maximum Gasteiger partial charge on any atom is 0.341 e. The number of esters is 1. The number of benzene rings is 2. The summed E-state index contributed by atoms with van der Waals surface area (Å²) in [7, 11) is -3.81. The number of hydrogen-bond donors (Lipinski definition) is 0. The minimum atomic E-state index is -3.81. The van der Waals surface area contributed by atoms with Gasteiger partial charge in [0.15, 0.2) is 0 Å². The molecule has 0 aliphatic heterocycles. The van der Waals surface area contributed by atoms with Crippen LogP contribution in [0.2, 0.25) is 0 Å². The number of rotatable bonds is 10. The van der Waals surface area contributed by atoms with Crippen molar-refractivity contribution in [2.45, 2.75) is 32.1 Å². The molecular weight excluding hydrogens is 397 g/mol. The Morgan fingerprint density at radius 1 is 1.03 bits per heavy atom. The van der Waals surface area contributed by atoms with Gasteiger partial charge < -0.3 is 9.47 Å². The van der Waals surface area contributed by atoms with Gasteiger partial charge in [0.25, 0.3) is 0 Å². The Balaban J connectivity index is 2.03. The summed E-state index contributed by atoms with van der Waals surface area (Å²) in [5.74, 6) is -1.13. The van der Waals surface area contributed by atoms with Crippen molar-refractivity contribution < 1.29 is 27.1 Å². The van der Waals surface area contributed by atoms with E-state index in [1.807, 2.05) is 25.1 Å². The zero-order valence-electron chi connectivity index (χ0n) is 16.9. The second-order valence-corrected chi connectivity index (χ2v) is 8.15. The highest BCUT2D eigenvalue weighted by atomic mass is 32.2. The highest BCUT2D eigenvalue weighted by molar-refractivity contribution is 7.89. The summed E-state index contributed by atoms with van der Waals surface area (Å²) >= 11 is 0. The molecule has 29 heavy (non-hydrogen) atoms. The monoisotopic (exact) mass is 423 g/mol. The highest BCUT2D eigenvalue weighted by Crippen LogP contribution is 2.20. The Kier molecular flexibility index (Phi) is 8.16. The van der Waals surface area contributed by atoms with Crippen LogP contribution in [0.4, 0.5) is 4.39 Å². The van der Waals surface area contributed by atoms with E-state index in [-0.39, 0.29) is 31.2 Å². The lowest BCUT2D eigenvalue weighted by Crippen LogP contribution is -2.30. The van der Waals surface area contributed by atoms with E-state index in [0.717, 1.165) is 30.2 Å². The summed E-state index contributed by atoms with van der Waals surface area (Å²) in [5.41, 5.74) is 0.694. The van der Waals surface area contributed by atoms with Crippen LogP contribution >= 0.6 is 0 Å². The first-order valence-electron chi connectivity index (χ1n) is 9.52. The quantitative estimate of drug-likeness (QED) is 0.431. The van der Waals surface area contributed by atoms with E-state index in [2.05, 4.69) is 0 Å². The van der Waals surface area contributed by atoms with Gasteiger partial charge in [-0.3, -0.25) is 0 Å². The van der Waals surface area contributed by atoms with Crippen LogP contribution in [0.1, 0.15) is 36.7 Å². The van der Waals surface area contributed by atoms with Crippen molar-refractivity contribution in [3.8, 4) is 5.75 Å². The van der Waals surface area contributed by atoms with Crippen LogP contribution in [0.25, 0.3) is 0 Å². The average Bonchev–Trinajstić information content (AvgIpc) is 2.72. The van der Waals surface area contributed by atoms with Gasteiger partial charge in [-0.05, 0) is 42.3 Å². The summed E-state index contributed by atoms with van der Waals surface area (Å²) in [6.07, 6.45) is 0.873. The number of carbonyl (C=O) groups is 1. The van der Waals surface area contributed by atoms with Crippen LogP contribution in [0.5, 0.6) is 5.75 Å². The van der Waals surface area contributed by atoms with Crippen molar-refractivity contribution in [2.24, 2.45) is 0 Å². The van der Waals surface area contributed by atoms with Gasteiger partial charge >= 0.3 is 5.97 Å². The molecule has 0 aromatic heterocycles. The molecule has 0 saturated heterocycles. The molecule has 0 aliphatic rings. The summed E-state index contributed by atoms with van der Waals surface area (Å²) in [4.78, 5) is 12.1. The first-order chi connectivity index (χ1) is 13.8. The van der Waals surface area contributed by atoms with Crippen molar-refractivity contribution in [3.05, 3.63) is 59.4 Å². The van der Waals surface area contributed by atoms with Crippen LogP contribution in [0.3, 0.4) is 0 Å². The van der Waals surface area contributed by atoms with Crippen molar-refractivity contribution in [1.29, 1.82) is 0 Å². The third-order valence-electron chi connectivity index (χ3n) is 4.39. The first-order valence-corrected chi connectivity index (χ1v) is 11.0. The van der Waals surface area contributed by atoms with Gasteiger partial charge in [0.1, 0.15) is 24.8 Å². The molecule has 0 radical (unpaired) electrons. The maximum absolute atomic E-state index is 14.1. The number of halogens is 1. The Hall–Kier alpha value is -2.45. The fourth-order valence-electron chi connectivity index (χ4n) is 2.76. The molecule has 6 nitrogen and oxygen atoms in total. The van der Waals surface area contributed by atoms with Crippen molar-refractivity contribution in [2.75, 3.05) is 26.3 Å². The minimum Gasteiger partial charge on any atom is -0.490 e. The Morgan fingerprint density at radius 3 is 2.41 bits per heavy atom. The average molecular weight is 424 g/mol. The second kappa shape index (κ2) is 10.4. The number of sulfonamides is 1. The number of carbonyl (C=O) groups excluding carboxylic acids is 1. The Labute approximate surface area is 171 Å². The normalized spacial score (nSPS) is 11.5. The predicted molar refractivity (Wildman–Crippen MR) is 108 cm³/mol. The van der Waals surface area contributed by atoms with Gasteiger partial charge in [-0.15, -0.1) is 0 Å². The molecule has 0 N–H and O–H groups in total. The molecule has 0 amide bonds. The lowest BCUT2D eigenvalue weighted by molar-refractivity contribution is 0.0445. The number of nitrogens with zero attached hydrogens (tertiary/aromatic N) is 1. The van der Waals surface area contributed by atoms with Crippen LogP contribution in [-0.2, 0) is 21.2 Å². The summed E-state index contributed by atoms with van der Waals surface area (Å²) < 4.78 is 51.1. The Bertz CT molecular complexity index is 942. The van der Waals surface area contributed by atoms with Gasteiger partial charge in [-0.2, -0.15) is 4.31 Å². The zero-order chi connectivity index (χ0) is 21.4. The number of ether oxygens (including phenoxy) is 2. The molecule has 0 fully saturated rings. The molecule has 0 atom stereocenters. The van der Waals surface area contributed by atoms with E-state index < -0.39 is 27.4 Å². The predicted octanol–water partition coefficient (Wildman–Crippen LogP) is 3.65. The Morgan fingerprint density at radius 2 is 1.76 bits per heavy atom. The topological polar surface area (TPSA) is 72.9 Å². The molecule has 0 heterocycles. The maximum atomic E-state index is 14.1. The van der Waals surface area contributed by atoms with Crippen LogP contribution < -0.4 is 4.74 Å². The summed E-state index contributed by atoms with van der Waals surface area (Å²) in [6.45, 7) is 5.98. The summed E-state index contributed by atoms with van der Waals surface area (Å²) in [5, 5.41) is 0. The van der Waals surface area contributed by atoms with Crippen LogP contribution in [-0.4, -0.2) is 45.0 Å².